The smallest absolute Gasteiger partial charge is 0.285 e. The number of rotatable bonds is 2. The van der Waals surface area contributed by atoms with Crippen molar-refractivity contribution in [2.45, 2.75) is 25.8 Å². The van der Waals surface area contributed by atoms with Gasteiger partial charge in [-0.15, -0.1) is 0 Å². The molecule has 0 saturated carbocycles. The van der Waals surface area contributed by atoms with E-state index in [9.17, 15) is 18.0 Å². The number of amides is 1. The molecule has 2 rings (SSSR count). The molecule has 19 heavy (non-hydrogen) atoms. The number of hydrogen-bond acceptors (Lipinski definition) is 5. The summed E-state index contributed by atoms with van der Waals surface area (Å²) in [7, 11) is -4.00. The Balaban J connectivity index is 2.42. The van der Waals surface area contributed by atoms with Gasteiger partial charge in [0.15, 0.2) is 10.8 Å². The molecule has 0 atom stereocenters. The Morgan fingerprint density at radius 3 is 2.53 bits per heavy atom. The molecule has 0 N–H and O–H groups in total. The number of hydrogen-bond donors (Lipinski definition) is 0. The predicted molar refractivity (Wildman–Crippen MR) is 66.9 cm³/mol. The molecule has 1 aliphatic heterocycles. The third-order valence-electron chi connectivity index (χ3n) is 2.89. The van der Waals surface area contributed by atoms with Gasteiger partial charge in [-0.25, -0.2) is 9.29 Å². The fourth-order valence-corrected chi connectivity index (χ4v) is 3.07. The number of fused-ring (bicyclic) bond motifs is 1. The summed E-state index contributed by atoms with van der Waals surface area (Å²) in [6.45, 7) is 4.57. The summed E-state index contributed by atoms with van der Waals surface area (Å²) in [6, 6.07) is 2.88. The van der Waals surface area contributed by atoms with Gasteiger partial charge in [0.2, 0.25) is 0 Å². The molecule has 0 aliphatic carbocycles. The van der Waals surface area contributed by atoms with Gasteiger partial charge in [0.1, 0.15) is 0 Å². The number of ketones is 1. The molecular formula is C12H14N2O4S. The van der Waals surface area contributed by atoms with Crippen LogP contribution in [0.1, 0.15) is 31.1 Å². The molecule has 1 aliphatic rings. The third kappa shape index (κ3) is 2.14. The lowest BCUT2D eigenvalue weighted by Crippen LogP contribution is -2.39. The largest absolute Gasteiger partial charge is 0.297 e. The van der Waals surface area contributed by atoms with Crippen molar-refractivity contribution >= 4 is 21.7 Å². The fourth-order valence-electron chi connectivity index (χ4n) is 1.63. The molecule has 1 aromatic rings. The average Bonchev–Trinajstić information content (AvgIpc) is 2.50. The van der Waals surface area contributed by atoms with Gasteiger partial charge in [-0.3, -0.25) is 9.59 Å². The lowest BCUT2D eigenvalue weighted by Gasteiger charge is -2.20. The first-order valence-electron chi connectivity index (χ1n) is 5.71. The van der Waals surface area contributed by atoms with Crippen molar-refractivity contribution < 1.29 is 18.0 Å². The number of sulfonamides is 1. The average molecular weight is 282 g/mol. The van der Waals surface area contributed by atoms with Crippen molar-refractivity contribution in [2.75, 3.05) is 6.54 Å². The number of pyridine rings is 1. The molecule has 1 amide bonds. The number of carbonyl (C=O) groups is 2. The first-order chi connectivity index (χ1) is 8.65. The zero-order valence-corrected chi connectivity index (χ0v) is 11.7. The molecule has 6 nitrogen and oxygen atoms in total. The molecular weight excluding hydrogens is 268 g/mol. The minimum absolute atomic E-state index is 0.0178. The summed E-state index contributed by atoms with van der Waals surface area (Å²) in [4.78, 5) is 27.7. The Hall–Kier alpha value is -1.76. The van der Waals surface area contributed by atoms with Crippen molar-refractivity contribution in [3.05, 3.63) is 23.9 Å². The highest BCUT2D eigenvalue weighted by Crippen LogP contribution is 2.29. The van der Waals surface area contributed by atoms with Crippen molar-refractivity contribution in [2.24, 2.45) is 5.41 Å². The molecule has 7 heteroatoms. The van der Waals surface area contributed by atoms with Crippen LogP contribution < -0.4 is 0 Å². The minimum Gasteiger partial charge on any atom is -0.297 e. The summed E-state index contributed by atoms with van der Waals surface area (Å²) in [5.41, 5.74) is -0.693. The van der Waals surface area contributed by atoms with Crippen LogP contribution in [0.15, 0.2) is 23.4 Å². The summed E-state index contributed by atoms with van der Waals surface area (Å²) in [6.07, 6.45) is 1.30. The van der Waals surface area contributed by atoms with Gasteiger partial charge in [0.05, 0.1) is 12.1 Å². The van der Waals surface area contributed by atoms with Crippen molar-refractivity contribution in [1.29, 1.82) is 0 Å². The lowest BCUT2D eigenvalue weighted by atomic mass is 9.91. The lowest BCUT2D eigenvalue weighted by molar-refractivity contribution is -0.126. The van der Waals surface area contributed by atoms with E-state index in [0.717, 1.165) is 0 Å². The van der Waals surface area contributed by atoms with E-state index in [1.165, 1.54) is 18.3 Å². The Morgan fingerprint density at radius 1 is 1.37 bits per heavy atom. The summed E-state index contributed by atoms with van der Waals surface area (Å²) < 4.78 is 24.9. The molecule has 0 spiro atoms. The van der Waals surface area contributed by atoms with E-state index in [4.69, 9.17) is 0 Å². The predicted octanol–water partition coefficient (Wildman–Crippen LogP) is 0.841. The van der Waals surface area contributed by atoms with Crippen LogP contribution in [0, 0.1) is 5.41 Å². The van der Waals surface area contributed by atoms with Crippen LogP contribution >= 0.6 is 0 Å². The van der Waals surface area contributed by atoms with Crippen LogP contribution in [0.4, 0.5) is 0 Å². The van der Waals surface area contributed by atoms with Gasteiger partial charge in [0.25, 0.3) is 15.9 Å². The monoisotopic (exact) mass is 282 g/mol. The highest BCUT2D eigenvalue weighted by molar-refractivity contribution is 7.90. The zero-order chi connectivity index (χ0) is 14.4. The second-order valence-corrected chi connectivity index (χ2v) is 7.12. The van der Waals surface area contributed by atoms with Gasteiger partial charge in [-0.1, -0.05) is 20.8 Å². The first-order valence-corrected chi connectivity index (χ1v) is 7.15. The number of aromatic nitrogens is 1. The highest BCUT2D eigenvalue weighted by atomic mass is 32.2. The molecule has 0 radical (unpaired) electrons. The van der Waals surface area contributed by atoms with E-state index >= 15 is 0 Å². The van der Waals surface area contributed by atoms with Crippen LogP contribution in [0.2, 0.25) is 0 Å². The van der Waals surface area contributed by atoms with Crippen LogP contribution in [-0.4, -0.2) is 35.9 Å². The molecule has 0 saturated heterocycles. The van der Waals surface area contributed by atoms with E-state index in [1.54, 1.807) is 20.8 Å². The Kier molecular flexibility index (Phi) is 2.97. The second kappa shape index (κ2) is 4.12. The molecule has 0 unspecified atom stereocenters. The zero-order valence-electron chi connectivity index (χ0n) is 10.9. The van der Waals surface area contributed by atoms with Gasteiger partial charge in [0, 0.05) is 11.6 Å². The van der Waals surface area contributed by atoms with Crippen molar-refractivity contribution in [1.82, 2.24) is 9.29 Å². The number of nitrogens with zero attached hydrogens (tertiary/aromatic N) is 2. The van der Waals surface area contributed by atoms with E-state index in [-0.39, 0.29) is 16.4 Å². The standard InChI is InChI=1S/C12H14N2O4S/c1-12(2,3)9(15)7-14-11(16)8-5-4-6-13-10(8)19(14,17)18/h4-6H,7H2,1-3H3. The molecule has 0 bridgehead atoms. The van der Waals surface area contributed by atoms with Gasteiger partial charge in [-0.05, 0) is 12.1 Å². The molecule has 102 valence electrons. The van der Waals surface area contributed by atoms with E-state index in [0.29, 0.717) is 4.31 Å². The maximum atomic E-state index is 12.1. The summed E-state index contributed by atoms with van der Waals surface area (Å²) in [5, 5.41) is -0.276. The Morgan fingerprint density at radius 2 is 2.00 bits per heavy atom. The van der Waals surface area contributed by atoms with Crippen LogP contribution in [0.5, 0.6) is 0 Å². The number of Topliss-reactive ketones (excluding diaryl/α,β-unsaturated/α-hetero) is 1. The van der Waals surface area contributed by atoms with Crippen LogP contribution in [-0.2, 0) is 14.8 Å². The van der Waals surface area contributed by atoms with Gasteiger partial charge >= 0.3 is 0 Å². The maximum absolute atomic E-state index is 12.1. The third-order valence-corrected chi connectivity index (χ3v) is 4.58. The maximum Gasteiger partial charge on any atom is 0.285 e. The van der Waals surface area contributed by atoms with Gasteiger partial charge in [-0.2, -0.15) is 8.42 Å². The van der Waals surface area contributed by atoms with Crippen LogP contribution in [0.3, 0.4) is 0 Å². The van der Waals surface area contributed by atoms with E-state index in [2.05, 4.69) is 4.98 Å². The molecule has 0 aromatic carbocycles. The summed E-state index contributed by atoms with van der Waals surface area (Å²) >= 11 is 0. The first kappa shape index (κ1) is 13.7. The van der Waals surface area contributed by atoms with Crippen molar-refractivity contribution in [3.8, 4) is 0 Å². The molecule has 0 fully saturated rings. The Bertz CT molecular complexity index is 659. The fraction of sp³-hybridized carbons (Fsp3) is 0.417. The van der Waals surface area contributed by atoms with Crippen LogP contribution in [0.25, 0.3) is 0 Å². The normalized spacial score (nSPS) is 17.4. The minimum atomic E-state index is -4.00. The molecule has 2 heterocycles. The Labute approximate surface area is 111 Å². The van der Waals surface area contributed by atoms with E-state index < -0.39 is 27.9 Å². The summed E-state index contributed by atoms with van der Waals surface area (Å²) in [5.74, 6) is -1.02. The molecule has 1 aromatic heterocycles. The highest BCUT2D eigenvalue weighted by Gasteiger charge is 2.44. The van der Waals surface area contributed by atoms with Gasteiger partial charge < -0.3 is 0 Å². The topological polar surface area (TPSA) is 84.4 Å². The quantitative estimate of drug-likeness (QED) is 0.802. The SMILES string of the molecule is CC(C)(C)C(=O)CN1C(=O)c2cccnc2S1(=O)=O. The second-order valence-electron chi connectivity index (χ2n) is 5.35. The van der Waals surface area contributed by atoms with Crippen molar-refractivity contribution in [3.63, 3.8) is 0 Å². The number of carbonyl (C=O) groups excluding carboxylic acids is 2. The van der Waals surface area contributed by atoms with E-state index in [1.807, 2.05) is 0 Å².